The van der Waals surface area contributed by atoms with Gasteiger partial charge in [-0.1, -0.05) is 11.6 Å². The lowest BCUT2D eigenvalue weighted by Gasteiger charge is -2.05. The Morgan fingerprint density at radius 2 is 2.38 bits per heavy atom. The molecule has 0 aromatic carbocycles. The van der Waals surface area contributed by atoms with Crippen molar-refractivity contribution < 1.29 is 4.79 Å². The van der Waals surface area contributed by atoms with Crippen LogP contribution >= 0.6 is 34.2 Å². The predicted octanol–water partition coefficient (Wildman–Crippen LogP) is 1.28. The maximum absolute atomic E-state index is 11.3. The highest BCUT2D eigenvalue weighted by atomic mass is 127. The van der Waals surface area contributed by atoms with Crippen molar-refractivity contribution in [3.8, 4) is 0 Å². The minimum atomic E-state index is -0.264. The number of rotatable bonds is 1. The number of carbonyl (C=O) groups excluding carboxylic acids is 1. The molecule has 0 fully saturated rings. The molecule has 1 rings (SSSR count). The summed E-state index contributed by atoms with van der Waals surface area (Å²) in [6, 6.07) is 1.44. The van der Waals surface area contributed by atoms with Gasteiger partial charge in [-0.2, -0.15) is 0 Å². The average Bonchev–Trinajstić information content (AvgIpc) is 2.10. The van der Waals surface area contributed by atoms with Crippen molar-refractivity contribution >= 4 is 45.8 Å². The zero-order chi connectivity index (χ0) is 10.0. The molecule has 0 aliphatic carbocycles. The summed E-state index contributed by atoms with van der Waals surface area (Å²) in [5.41, 5.74) is 6.34. The van der Waals surface area contributed by atoms with E-state index < -0.39 is 0 Å². The molecular formula is C7H7ClIN3O. The lowest BCUT2D eigenvalue weighted by atomic mass is 10.2. The van der Waals surface area contributed by atoms with Gasteiger partial charge in [0.15, 0.2) is 0 Å². The third kappa shape index (κ3) is 2.22. The van der Waals surface area contributed by atoms with Crippen molar-refractivity contribution in [2.75, 3.05) is 12.8 Å². The van der Waals surface area contributed by atoms with Gasteiger partial charge in [-0.25, -0.2) is 4.98 Å². The summed E-state index contributed by atoms with van der Waals surface area (Å²) >= 11 is 7.60. The molecule has 0 spiro atoms. The number of hydrogen-bond acceptors (Lipinski definition) is 3. The summed E-state index contributed by atoms with van der Waals surface area (Å²) in [7, 11) is 1.53. The number of carbonyl (C=O) groups is 1. The normalized spacial score (nSPS) is 9.77. The minimum absolute atomic E-state index is 0.261. The monoisotopic (exact) mass is 311 g/mol. The molecule has 0 saturated carbocycles. The van der Waals surface area contributed by atoms with Crippen LogP contribution in [-0.4, -0.2) is 17.9 Å². The molecule has 0 radical (unpaired) electrons. The van der Waals surface area contributed by atoms with Gasteiger partial charge in [-0.05, 0) is 28.7 Å². The van der Waals surface area contributed by atoms with Crippen LogP contribution in [0.2, 0.25) is 5.15 Å². The second kappa shape index (κ2) is 4.10. The van der Waals surface area contributed by atoms with Gasteiger partial charge in [0.1, 0.15) is 8.85 Å². The molecule has 0 saturated heterocycles. The van der Waals surface area contributed by atoms with Crippen LogP contribution in [0.1, 0.15) is 10.4 Å². The maximum atomic E-state index is 11.3. The lowest BCUT2D eigenvalue weighted by molar-refractivity contribution is 0.0964. The standard InChI is InChI=1S/C7H7ClIN3O/c1-11-7(13)3-2-4(8)12-6(9)5(3)10/h2H,10H2,1H3,(H,11,13). The quantitative estimate of drug-likeness (QED) is 0.606. The number of nitrogens with one attached hydrogen (secondary N) is 1. The summed E-state index contributed by atoms with van der Waals surface area (Å²) in [5, 5.41) is 2.73. The van der Waals surface area contributed by atoms with Gasteiger partial charge in [0.25, 0.3) is 5.91 Å². The highest BCUT2D eigenvalue weighted by Gasteiger charge is 2.12. The molecule has 1 aromatic heterocycles. The Morgan fingerprint density at radius 1 is 1.77 bits per heavy atom. The first-order valence-electron chi connectivity index (χ1n) is 3.40. The molecular weight excluding hydrogens is 304 g/mol. The molecule has 0 aliphatic heterocycles. The molecule has 0 aliphatic rings. The Labute approximate surface area is 94.0 Å². The molecule has 0 atom stereocenters. The minimum Gasteiger partial charge on any atom is -0.396 e. The van der Waals surface area contributed by atoms with Gasteiger partial charge in [0.2, 0.25) is 0 Å². The van der Waals surface area contributed by atoms with Gasteiger partial charge in [-0.15, -0.1) is 0 Å². The first-order chi connectivity index (χ1) is 6.06. The third-order valence-corrected chi connectivity index (χ3v) is 2.47. The fourth-order valence-corrected chi connectivity index (χ4v) is 1.70. The van der Waals surface area contributed by atoms with Crippen LogP contribution in [0.15, 0.2) is 6.07 Å². The van der Waals surface area contributed by atoms with Gasteiger partial charge < -0.3 is 11.1 Å². The highest BCUT2D eigenvalue weighted by Crippen LogP contribution is 2.21. The average molecular weight is 312 g/mol. The Morgan fingerprint density at radius 3 is 2.92 bits per heavy atom. The smallest absolute Gasteiger partial charge is 0.253 e. The molecule has 0 bridgehead atoms. The molecule has 3 N–H and O–H groups in total. The SMILES string of the molecule is CNC(=O)c1cc(Cl)nc(I)c1N. The van der Waals surface area contributed by atoms with E-state index in [4.69, 9.17) is 17.3 Å². The van der Waals surface area contributed by atoms with Crippen LogP contribution in [-0.2, 0) is 0 Å². The summed E-state index contributed by atoms with van der Waals surface area (Å²) in [6.45, 7) is 0. The number of anilines is 1. The Kier molecular flexibility index (Phi) is 3.32. The van der Waals surface area contributed by atoms with Crippen LogP contribution in [0, 0.1) is 3.70 Å². The highest BCUT2D eigenvalue weighted by molar-refractivity contribution is 14.1. The second-order valence-electron chi connectivity index (χ2n) is 2.28. The van der Waals surface area contributed by atoms with E-state index in [0.29, 0.717) is 15.0 Å². The van der Waals surface area contributed by atoms with Gasteiger partial charge >= 0.3 is 0 Å². The maximum Gasteiger partial charge on any atom is 0.253 e. The van der Waals surface area contributed by atoms with E-state index in [1.807, 2.05) is 22.6 Å². The number of nitrogens with zero attached hydrogens (tertiary/aromatic N) is 1. The Hall–Kier alpha value is -0.560. The molecule has 70 valence electrons. The molecule has 0 unspecified atom stereocenters. The summed E-state index contributed by atoms with van der Waals surface area (Å²) in [6.07, 6.45) is 0. The lowest BCUT2D eigenvalue weighted by Crippen LogP contribution is -2.20. The second-order valence-corrected chi connectivity index (χ2v) is 3.69. The number of hydrogen-bond donors (Lipinski definition) is 2. The zero-order valence-electron chi connectivity index (χ0n) is 6.77. The van der Waals surface area contributed by atoms with E-state index in [9.17, 15) is 4.79 Å². The fraction of sp³-hybridized carbons (Fsp3) is 0.143. The molecule has 6 heteroatoms. The molecule has 1 aromatic rings. The Balaban J connectivity index is 3.28. The summed E-state index contributed by atoms with van der Waals surface area (Å²) in [5.74, 6) is -0.264. The number of aromatic nitrogens is 1. The van der Waals surface area contributed by atoms with Crippen molar-refractivity contribution in [3.05, 3.63) is 20.5 Å². The van der Waals surface area contributed by atoms with Crippen molar-refractivity contribution in [1.29, 1.82) is 0 Å². The van der Waals surface area contributed by atoms with Gasteiger partial charge in [-0.3, -0.25) is 4.79 Å². The topological polar surface area (TPSA) is 68.0 Å². The molecule has 1 amide bonds. The summed E-state index contributed by atoms with van der Waals surface area (Å²) in [4.78, 5) is 15.2. The van der Waals surface area contributed by atoms with E-state index in [0.717, 1.165) is 0 Å². The van der Waals surface area contributed by atoms with E-state index in [1.165, 1.54) is 13.1 Å². The first kappa shape index (κ1) is 10.5. The number of halogens is 2. The van der Waals surface area contributed by atoms with Crippen molar-refractivity contribution in [3.63, 3.8) is 0 Å². The Bertz CT molecular complexity index is 356. The number of nitrogens with two attached hydrogens (primary N) is 1. The van der Waals surface area contributed by atoms with Crippen LogP contribution < -0.4 is 11.1 Å². The van der Waals surface area contributed by atoms with Crippen LogP contribution in [0.3, 0.4) is 0 Å². The molecule has 1 heterocycles. The number of amides is 1. The van der Waals surface area contributed by atoms with E-state index in [2.05, 4.69) is 10.3 Å². The molecule has 13 heavy (non-hydrogen) atoms. The van der Waals surface area contributed by atoms with Crippen molar-refractivity contribution in [1.82, 2.24) is 10.3 Å². The van der Waals surface area contributed by atoms with Crippen molar-refractivity contribution in [2.45, 2.75) is 0 Å². The van der Waals surface area contributed by atoms with Gasteiger partial charge in [0.05, 0.1) is 11.3 Å². The number of nitrogen functional groups attached to an aromatic ring is 1. The molecule has 4 nitrogen and oxygen atoms in total. The van der Waals surface area contributed by atoms with E-state index in [1.54, 1.807) is 0 Å². The van der Waals surface area contributed by atoms with Crippen LogP contribution in [0.25, 0.3) is 0 Å². The number of pyridine rings is 1. The van der Waals surface area contributed by atoms with Crippen molar-refractivity contribution in [2.24, 2.45) is 0 Å². The van der Waals surface area contributed by atoms with E-state index >= 15 is 0 Å². The van der Waals surface area contributed by atoms with E-state index in [-0.39, 0.29) is 11.1 Å². The van der Waals surface area contributed by atoms with Crippen LogP contribution in [0.5, 0.6) is 0 Å². The first-order valence-corrected chi connectivity index (χ1v) is 4.85. The van der Waals surface area contributed by atoms with Gasteiger partial charge in [0, 0.05) is 7.05 Å². The zero-order valence-corrected chi connectivity index (χ0v) is 9.68. The largest absolute Gasteiger partial charge is 0.396 e. The fourth-order valence-electron chi connectivity index (χ4n) is 0.817. The predicted molar refractivity (Wildman–Crippen MR) is 59.8 cm³/mol. The van der Waals surface area contributed by atoms with Crippen LogP contribution in [0.4, 0.5) is 5.69 Å². The third-order valence-electron chi connectivity index (χ3n) is 1.45. The summed E-state index contributed by atoms with van der Waals surface area (Å²) < 4.78 is 0.531.